The molecule has 5 unspecified atom stereocenters. The molecule has 8 heteroatoms. The van der Waals surface area contributed by atoms with E-state index in [-0.39, 0.29) is 23.6 Å². The van der Waals surface area contributed by atoms with Crippen molar-refractivity contribution in [2.75, 3.05) is 13.1 Å². The topological polar surface area (TPSA) is 73.5 Å². The summed E-state index contributed by atoms with van der Waals surface area (Å²) in [4.78, 5) is 27.9. The summed E-state index contributed by atoms with van der Waals surface area (Å²) >= 11 is 12.2. The van der Waals surface area contributed by atoms with E-state index in [1.165, 1.54) is 38.5 Å². The molecule has 5 fully saturated rings. The minimum absolute atomic E-state index is 0.00339. The molecule has 3 bridgehead atoms. The van der Waals surface area contributed by atoms with Crippen molar-refractivity contribution in [2.45, 2.75) is 75.9 Å². The van der Waals surface area contributed by atoms with E-state index in [2.05, 4.69) is 16.0 Å². The zero-order valence-corrected chi connectivity index (χ0v) is 21.1. The summed E-state index contributed by atoms with van der Waals surface area (Å²) in [5.74, 6) is 2.53. The van der Waals surface area contributed by atoms with Gasteiger partial charge >= 0.3 is 12.1 Å². The van der Waals surface area contributed by atoms with Crippen molar-refractivity contribution in [2.24, 2.45) is 23.2 Å². The van der Waals surface area contributed by atoms with E-state index in [9.17, 15) is 9.59 Å². The maximum Gasteiger partial charge on any atom is 0.317 e. The number of hydrogen-bond acceptors (Lipinski definition) is 2. The quantitative estimate of drug-likeness (QED) is 0.507. The first-order chi connectivity index (χ1) is 16.4. The lowest BCUT2D eigenvalue weighted by atomic mass is 9.51. The van der Waals surface area contributed by atoms with Crippen molar-refractivity contribution in [1.82, 2.24) is 20.9 Å². The number of benzene rings is 1. The van der Waals surface area contributed by atoms with Crippen molar-refractivity contribution in [1.29, 1.82) is 0 Å². The molecule has 0 aromatic heterocycles. The molecule has 1 spiro atoms. The Morgan fingerprint density at radius 1 is 1.03 bits per heavy atom. The van der Waals surface area contributed by atoms with Crippen molar-refractivity contribution in [3.8, 4) is 0 Å². The molecule has 4 aliphatic carbocycles. The van der Waals surface area contributed by atoms with Gasteiger partial charge in [0.15, 0.2) is 0 Å². The fraction of sp³-hybridized carbons (Fsp3) is 0.692. The smallest absolute Gasteiger partial charge is 0.317 e. The number of fused-ring (bicyclic) bond motifs is 2. The van der Waals surface area contributed by atoms with E-state index in [4.69, 9.17) is 23.2 Å². The van der Waals surface area contributed by atoms with Gasteiger partial charge in [0.25, 0.3) is 0 Å². The molecule has 4 saturated carbocycles. The lowest BCUT2D eigenvalue weighted by molar-refractivity contribution is -0.0457. The molecule has 1 aliphatic heterocycles. The van der Waals surface area contributed by atoms with Gasteiger partial charge in [-0.3, -0.25) is 0 Å². The van der Waals surface area contributed by atoms with Gasteiger partial charge in [0.1, 0.15) is 0 Å². The molecule has 5 aliphatic rings. The number of nitrogens with zero attached hydrogens (tertiary/aromatic N) is 1. The van der Waals surface area contributed by atoms with Crippen LogP contribution in [0.5, 0.6) is 0 Å². The highest BCUT2D eigenvalue weighted by atomic mass is 35.5. The van der Waals surface area contributed by atoms with Gasteiger partial charge in [-0.2, -0.15) is 0 Å². The number of urea groups is 2. The summed E-state index contributed by atoms with van der Waals surface area (Å²) in [5.41, 5.74) is 1.25. The minimum atomic E-state index is -0.112. The fourth-order valence-electron chi connectivity index (χ4n) is 8.50. The van der Waals surface area contributed by atoms with Crippen LogP contribution in [0.4, 0.5) is 9.59 Å². The summed E-state index contributed by atoms with van der Waals surface area (Å²) in [7, 11) is 0. The molecule has 6 rings (SSSR count). The van der Waals surface area contributed by atoms with E-state index in [0.717, 1.165) is 42.6 Å². The van der Waals surface area contributed by atoms with Crippen molar-refractivity contribution < 1.29 is 9.59 Å². The van der Waals surface area contributed by atoms with Crippen LogP contribution in [-0.4, -0.2) is 41.6 Å². The monoisotopic (exact) mass is 504 g/mol. The van der Waals surface area contributed by atoms with E-state index >= 15 is 0 Å². The van der Waals surface area contributed by atoms with Gasteiger partial charge in [-0.1, -0.05) is 29.3 Å². The molecule has 6 nitrogen and oxygen atoms in total. The van der Waals surface area contributed by atoms with Gasteiger partial charge < -0.3 is 20.9 Å². The van der Waals surface area contributed by atoms with Crippen LogP contribution in [0.15, 0.2) is 18.2 Å². The summed E-state index contributed by atoms with van der Waals surface area (Å²) in [6.07, 6.45) is 10.7. The highest BCUT2D eigenvalue weighted by Gasteiger charge is 2.74. The Hall–Kier alpha value is -1.66. The third-order valence-electron chi connectivity index (χ3n) is 9.74. The largest absolute Gasteiger partial charge is 0.336 e. The summed E-state index contributed by atoms with van der Waals surface area (Å²) in [5, 5.41) is 10.7. The Bertz CT molecular complexity index is 999. The molecule has 34 heavy (non-hydrogen) atoms. The van der Waals surface area contributed by atoms with E-state index in [1.807, 2.05) is 11.0 Å². The second kappa shape index (κ2) is 8.48. The Morgan fingerprint density at radius 3 is 2.74 bits per heavy atom. The summed E-state index contributed by atoms with van der Waals surface area (Å²) in [6.45, 7) is 1.53. The van der Waals surface area contributed by atoms with Crippen LogP contribution in [0.3, 0.4) is 0 Å². The second-order valence-corrected chi connectivity index (χ2v) is 12.4. The molecular weight excluding hydrogens is 471 g/mol. The lowest BCUT2D eigenvalue weighted by Gasteiger charge is -2.59. The number of amides is 4. The molecule has 1 saturated heterocycles. The Labute approximate surface area is 211 Å². The van der Waals surface area contributed by atoms with Gasteiger partial charge in [-0.15, -0.1) is 0 Å². The number of nitrogens with one attached hydrogen (secondary N) is 3. The number of rotatable bonds is 5. The fourth-order valence-corrected chi connectivity index (χ4v) is 8.97. The highest BCUT2D eigenvalue weighted by molar-refractivity contribution is 6.35. The van der Waals surface area contributed by atoms with Crippen LogP contribution >= 0.6 is 23.2 Å². The van der Waals surface area contributed by atoms with E-state index in [1.54, 1.807) is 12.1 Å². The van der Waals surface area contributed by atoms with Crippen LogP contribution in [0.1, 0.15) is 63.4 Å². The van der Waals surface area contributed by atoms with Crippen LogP contribution in [0, 0.1) is 23.2 Å². The number of halogens is 2. The van der Waals surface area contributed by atoms with Crippen LogP contribution in [0.2, 0.25) is 10.0 Å². The number of carbonyl (C=O) groups excluding carboxylic acids is 2. The maximum absolute atomic E-state index is 13.0. The number of piperidine rings is 1. The maximum atomic E-state index is 13.0. The third-order valence-corrected chi connectivity index (χ3v) is 10.3. The molecule has 0 radical (unpaired) electrons. The molecule has 3 N–H and O–H groups in total. The first-order valence-electron chi connectivity index (χ1n) is 12.9. The molecule has 1 heterocycles. The average molecular weight is 505 g/mol. The van der Waals surface area contributed by atoms with Crippen LogP contribution < -0.4 is 16.0 Å². The Morgan fingerprint density at radius 2 is 1.88 bits per heavy atom. The van der Waals surface area contributed by atoms with Crippen LogP contribution in [-0.2, 0) is 6.54 Å². The lowest BCUT2D eigenvalue weighted by Crippen LogP contribution is -2.68. The molecule has 1 aromatic carbocycles. The third kappa shape index (κ3) is 3.67. The molecule has 6 atom stereocenters. The summed E-state index contributed by atoms with van der Waals surface area (Å²) in [6, 6.07) is 5.13. The second-order valence-electron chi connectivity index (χ2n) is 11.5. The average Bonchev–Trinajstić information content (AvgIpc) is 3.12. The van der Waals surface area contributed by atoms with Crippen molar-refractivity contribution >= 4 is 35.3 Å². The predicted octanol–water partition coefficient (Wildman–Crippen LogP) is 5.33. The predicted molar refractivity (Wildman–Crippen MR) is 133 cm³/mol. The van der Waals surface area contributed by atoms with E-state index in [0.29, 0.717) is 35.1 Å². The SMILES string of the molecule is O=C(NCC1CCCCN1C(=O)NCc1ccc(Cl)cc1Cl)NC12CC3C[C@@H]4CC(C1)C2(C3)C4. The zero-order chi connectivity index (χ0) is 23.5. The Balaban J connectivity index is 1.03. The van der Waals surface area contributed by atoms with Gasteiger partial charge in [-0.05, 0) is 98.7 Å². The van der Waals surface area contributed by atoms with Gasteiger partial charge in [0, 0.05) is 35.2 Å². The normalized spacial score (nSPS) is 37.2. The van der Waals surface area contributed by atoms with Gasteiger partial charge in [0.05, 0.1) is 6.04 Å². The standard InChI is InChI=1S/C26H34Cl2N4O2/c27-20-5-4-18(22(28)9-20)14-30-24(34)32-6-2-1-3-21(32)15-29-23(33)31-26-12-17-7-16-8-19(13-26)25(26,10-16)11-17/h4-5,9,16-17,19,21H,1-3,6-8,10-15H2,(H,30,34)(H2,29,31,33)/t16-,17?,19?,21?,25?,26?/m1/s1. The van der Waals surface area contributed by atoms with Gasteiger partial charge in [-0.25, -0.2) is 9.59 Å². The number of carbonyl (C=O) groups is 2. The molecule has 184 valence electrons. The number of hydrogen-bond donors (Lipinski definition) is 3. The molecule has 1 aromatic rings. The number of likely N-dealkylation sites (tertiary alicyclic amines) is 1. The van der Waals surface area contributed by atoms with E-state index < -0.39 is 0 Å². The first-order valence-corrected chi connectivity index (χ1v) is 13.7. The first kappa shape index (κ1) is 22.8. The van der Waals surface area contributed by atoms with Crippen molar-refractivity contribution in [3.63, 3.8) is 0 Å². The van der Waals surface area contributed by atoms with Crippen LogP contribution in [0.25, 0.3) is 0 Å². The molecule has 4 amide bonds. The highest BCUT2D eigenvalue weighted by Crippen LogP contribution is 2.77. The zero-order valence-electron chi connectivity index (χ0n) is 19.5. The molecular formula is C26H34Cl2N4O2. The minimum Gasteiger partial charge on any atom is -0.336 e. The van der Waals surface area contributed by atoms with Crippen molar-refractivity contribution in [3.05, 3.63) is 33.8 Å². The summed E-state index contributed by atoms with van der Waals surface area (Å²) < 4.78 is 0. The Kier molecular flexibility index (Phi) is 5.68. The van der Waals surface area contributed by atoms with Gasteiger partial charge in [0.2, 0.25) is 0 Å².